The summed E-state index contributed by atoms with van der Waals surface area (Å²) in [7, 11) is 0. The predicted molar refractivity (Wildman–Crippen MR) is 230 cm³/mol. The third-order valence-electron chi connectivity index (χ3n) is 11.3. The standard InChI is InChI=1S/C52H44S/c1-5-33-13-21-41-42-22-14-34(6-2)28-46(42)49(45(41)27-33)31-37-9-17-39(18-10-37)51-25-26-52(53-51)40-19-11-38(12-20-40)32-50-47-29-35(7-3)15-23-43(47)44-24-16-36(8-4)30-48(44)50/h9-32H,5-8H2,1-4H3. The van der Waals surface area contributed by atoms with Crippen molar-refractivity contribution in [1.82, 2.24) is 0 Å². The van der Waals surface area contributed by atoms with Crippen LogP contribution >= 0.6 is 11.3 Å². The summed E-state index contributed by atoms with van der Waals surface area (Å²) in [6, 6.07) is 50.8. The van der Waals surface area contributed by atoms with Crippen LogP contribution in [0.5, 0.6) is 0 Å². The highest BCUT2D eigenvalue weighted by Crippen LogP contribution is 2.47. The molecule has 258 valence electrons. The highest BCUT2D eigenvalue weighted by atomic mass is 32.1. The van der Waals surface area contributed by atoms with Gasteiger partial charge in [-0.15, -0.1) is 11.3 Å². The average molecular weight is 701 g/mol. The number of benzene rings is 6. The van der Waals surface area contributed by atoms with Crippen molar-refractivity contribution < 1.29 is 0 Å². The second kappa shape index (κ2) is 13.8. The molecular weight excluding hydrogens is 657 g/mol. The maximum atomic E-state index is 2.40. The first-order chi connectivity index (χ1) is 26.0. The molecule has 0 spiro atoms. The number of aryl methyl sites for hydroxylation is 4. The van der Waals surface area contributed by atoms with Crippen molar-refractivity contribution in [3.63, 3.8) is 0 Å². The van der Waals surface area contributed by atoms with Gasteiger partial charge in [0, 0.05) is 9.75 Å². The van der Waals surface area contributed by atoms with Crippen molar-refractivity contribution in [3.8, 4) is 43.1 Å². The van der Waals surface area contributed by atoms with Crippen molar-refractivity contribution in [2.45, 2.75) is 53.4 Å². The quantitative estimate of drug-likeness (QED) is 0.148. The lowest BCUT2D eigenvalue weighted by Gasteiger charge is -2.07. The first-order valence-electron chi connectivity index (χ1n) is 19.3. The number of rotatable bonds is 8. The van der Waals surface area contributed by atoms with Gasteiger partial charge in [0.25, 0.3) is 0 Å². The normalized spacial score (nSPS) is 12.4. The topological polar surface area (TPSA) is 0 Å². The Kier molecular flexibility index (Phi) is 8.69. The maximum Gasteiger partial charge on any atom is 0.0349 e. The van der Waals surface area contributed by atoms with Crippen molar-refractivity contribution in [2.24, 2.45) is 0 Å². The number of hydrogen-bond donors (Lipinski definition) is 0. The third kappa shape index (κ3) is 6.04. The van der Waals surface area contributed by atoms with E-state index >= 15 is 0 Å². The lowest BCUT2D eigenvalue weighted by atomic mass is 9.97. The minimum absolute atomic E-state index is 1.04. The van der Waals surface area contributed by atoms with E-state index < -0.39 is 0 Å². The maximum absolute atomic E-state index is 2.40. The minimum Gasteiger partial charge on any atom is -0.135 e. The van der Waals surface area contributed by atoms with Crippen molar-refractivity contribution in [2.75, 3.05) is 0 Å². The molecule has 9 rings (SSSR count). The first kappa shape index (κ1) is 33.3. The lowest BCUT2D eigenvalue weighted by Crippen LogP contribution is -1.87. The molecule has 0 unspecified atom stereocenters. The van der Waals surface area contributed by atoms with E-state index in [1.165, 1.54) is 110 Å². The van der Waals surface area contributed by atoms with E-state index in [1.54, 1.807) is 0 Å². The Morgan fingerprint density at radius 1 is 0.340 bits per heavy atom. The molecule has 0 fully saturated rings. The number of thiophene rings is 1. The fourth-order valence-corrected chi connectivity index (χ4v) is 9.16. The van der Waals surface area contributed by atoms with Crippen LogP contribution in [0.25, 0.3) is 66.4 Å². The van der Waals surface area contributed by atoms with E-state index in [1.807, 2.05) is 11.3 Å². The minimum atomic E-state index is 1.04. The summed E-state index contributed by atoms with van der Waals surface area (Å²) in [5.74, 6) is 0. The summed E-state index contributed by atoms with van der Waals surface area (Å²) in [6.45, 7) is 8.96. The molecule has 2 aliphatic carbocycles. The van der Waals surface area contributed by atoms with Gasteiger partial charge in [-0.3, -0.25) is 0 Å². The third-order valence-corrected chi connectivity index (χ3v) is 12.5. The van der Waals surface area contributed by atoms with Gasteiger partial charge in [-0.2, -0.15) is 0 Å². The smallest absolute Gasteiger partial charge is 0.0349 e. The molecule has 0 aliphatic heterocycles. The summed E-state index contributed by atoms with van der Waals surface area (Å²) in [5, 5.41) is 0. The van der Waals surface area contributed by atoms with Crippen LogP contribution in [0.2, 0.25) is 0 Å². The van der Waals surface area contributed by atoms with Crippen molar-refractivity contribution >= 4 is 34.6 Å². The van der Waals surface area contributed by atoms with Gasteiger partial charge >= 0.3 is 0 Å². The van der Waals surface area contributed by atoms with Gasteiger partial charge in [-0.25, -0.2) is 0 Å². The fraction of sp³-hybridized carbons (Fsp3) is 0.154. The van der Waals surface area contributed by atoms with E-state index in [0.29, 0.717) is 0 Å². The Hall–Kier alpha value is -5.50. The molecule has 1 heteroatoms. The Bertz CT molecular complexity index is 2280. The highest BCUT2D eigenvalue weighted by Gasteiger charge is 2.25. The zero-order valence-electron chi connectivity index (χ0n) is 31.1. The molecule has 1 heterocycles. The summed E-state index contributed by atoms with van der Waals surface area (Å²) < 4.78 is 0. The number of fused-ring (bicyclic) bond motifs is 6. The largest absolute Gasteiger partial charge is 0.135 e. The first-order valence-corrected chi connectivity index (χ1v) is 20.1. The summed E-state index contributed by atoms with van der Waals surface area (Å²) >= 11 is 1.86. The van der Waals surface area contributed by atoms with Crippen LogP contribution in [-0.4, -0.2) is 0 Å². The fourth-order valence-electron chi connectivity index (χ4n) is 8.15. The molecule has 0 amide bonds. The van der Waals surface area contributed by atoms with E-state index in [0.717, 1.165) is 25.7 Å². The van der Waals surface area contributed by atoms with Crippen LogP contribution in [0.1, 0.15) is 83.3 Å². The second-order valence-electron chi connectivity index (χ2n) is 14.5. The Balaban J connectivity index is 0.982. The van der Waals surface area contributed by atoms with E-state index in [4.69, 9.17) is 0 Å². The zero-order chi connectivity index (χ0) is 36.1. The highest BCUT2D eigenvalue weighted by molar-refractivity contribution is 7.18. The van der Waals surface area contributed by atoms with Crippen LogP contribution in [-0.2, 0) is 25.7 Å². The molecule has 0 N–H and O–H groups in total. The van der Waals surface area contributed by atoms with E-state index in [2.05, 4.69) is 173 Å². The van der Waals surface area contributed by atoms with E-state index in [-0.39, 0.29) is 0 Å². The van der Waals surface area contributed by atoms with Crippen LogP contribution in [0.15, 0.2) is 133 Å². The molecule has 0 bridgehead atoms. The molecule has 0 saturated carbocycles. The summed E-state index contributed by atoms with van der Waals surface area (Å²) in [4.78, 5) is 2.58. The Labute approximate surface area is 318 Å². The molecule has 0 saturated heterocycles. The average Bonchev–Trinajstić information content (AvgIpc) is 3.91. The zero-order valence-corrected chi connectivity index (χ0v) is 31.9. The molecular formula is C52H44S. The lowest BCUT2D eigenvalue weighted by molar-refractivity contribution is 1.14. The molecule has 6 aromatic carbocycles. The SMILES string of the molecule is CCc1ccc2c(c1)C(=Cc1ccc(-c3ccc(-c4ccc(C=C5c6cc(CC)ccc6-c6ccc(CC)cc65)cc4)s3)cc1)c1cc(CC)ccc1-2. The summed E-state index contributed by atoms with van der Waals surface area (Å²) in [6.07, 6.45) is 8.94. The number of hydrogen-bond acceptors (Lipinski definition) is 1. The predicted octanol–water partition coefficient (Wildman–Crippen LogP) is 14.5. The van der Waals surface area contributed by atoms with Gasteiger partial charge in [-0.1, -0.05) is 149 Å². The van der Waals surface area contributed by atoms with Gasteiger partial charge in [0.05, 0.1) is 0 Å². The Morgan fingerprint density at radius 2 is 0.642 bits per heavy atom. The van der Waals surface area contributed by atoms with Gasteiger partial charge < -0.3 is 0 Å². The van der Waals surface area contributed by atoms with Crippen LogP contribution in [0.4, 0.5) is 0 Å². The molecule has 0 atom stereocenters. The van der Waals surface area contributed by atoms with E-state index in [9.17, 15) is 0 Å². The van der Waals surface area contributed by atoms with Gasteiger partial charge in [-0.05, 0) is 150 Å². The monoisotopic (exact) mass is 700 g/mol. The molecule has 53 heavy (non-hydrogen) atoms. The second-order valence-corrected chi connectivity index (χ2v) is 15.5. The molecule has 7 aromatic rings. The molecule has 1 aromatic heterocycles. The van der Waals surface area contributed by atoms with Gasteiger partial charge in [0.2, 0.25) is 0 Å². The van der Waals surface area contributed by atoms with Crippen molar-refractivity contribution in [3.05, 3.63) is 189 Å². The van der Waals surface area contributed by atoms with Crippen LogP contribution in [0, 0.1) is 0 Å². The van der Waals surface area contributed by atoms with Crippen LogP contribution in [0.3, 0.4) is 0 Å². The summed E-state index contributed by atoms with van der Waals surface area (Å²) in [5.41, 5.74) is 24.0. The molecule has 0 radical (unpaired) electrons. The van der Waals surface area contributed by atoms with Gasteiger partial charge in [0.1, 0.15) is 0 Å². The van der Waals surface area contributed by atoms with Gasteiger partial charge in [0.15, 0.2) is 0 Å². The van der Waals surface area contributed by atoms with Crippen LogP contribution < -0.4 is 0 Å². The Morgan fingerprint density at radius 3 is 0.925 bits per heavy atom. The molecule has 2 aliphatic rings. The van der Waals surface area contributed by atoms with Crippen molar-refractivity contribution in [1.29, 1.82) is 0 Å². The molecule has 0 nitrogen and oxygen atoms in total.